The third-order valence-corrected chi connectivity index (χ3v) is 2.87. The van der Waals surface area contributed by atoms with Crippen LogP contribution < -0.4 is 11.4 Å². The van der Waals surface area contributed by atoms with Crippen molar-refractivity contribution in [2.75, 3.05) is 12.3 Å². The van der Waals surface area contributed by atoms with Gasteiger partial charge in [-0.25, -0.2) is 4.79 Å². The van der Waals surface area contributed by atoms with E-state index >= 15 is 0 Å². The minimum atomic E-state index is -0.961. The predicted molar refractivity (Wildman–Crippen MR) is 58.8 cm³/mol. The predicted octanol–water partition coefficient (Wildman–Crippen LogP) is -0.939. The second-order valence-corrected chi connectivity index (χ2v) is 4.03. The average molecular weight is 241 g/mol. The summed E-state index contributed by atoms with van der Waals surface area (Å²) in [5, 5.41) is 18.4. The highest BCUT2D eigenvalue weighted by molar-refractivity contribution is 5.23. The van der Waals surface area contributed by atoms with Crippen molar-refractivity contribution < 1.29 is 14.9 Å². The minimum absolute atomic E-state index is 0.0211. The minimum Gasteiger partial charge on any atom is -0.396 e. The molecule has 7 heteroatoms. The highest BCUT2D eigenvalue weighted by Crippen LogP contribution is 2.33. The van der Waals surface area contributed by atoms with Crippen LogP contribution in [-0.2, 0) is 4.74 Å². The van der Waals surface area contributed by atoms with Crippen molar-refractivity contribution in [3.05, 3.63) is 22.7 Å². The summed E-state index contributed by atoms with van der Waals surface area (Å²) in [4.78, 5) is 15.1. The number of aromatic nitrogens is 2. The number of nitrogens with zero attached hydrogens (tertiary/aromatic N) is 2. The molecule has 1 aromatic heterocycles. The second-order valence-electron chi connectivity index (χ2n) is 4.03. The molecule has 17 heavy (non-hydrogen) atoms. The summed E-state index contributed by atoms with van der Waals surface area (Å²) in [6.45, 7) is -0.0211. The van der Waals surface area contributed by atoms with Gasteiger partial charge in [-0.05, 0) is 12.5 Å². The molecule has 0 aliphatic carbocycles. The first-order chi connectivity index (χ1) is 8.11. The fraction of sp³-hybridized carbons (Fsp3) is 0.600. The number of hydrogen-bond acceptors (Lipinski definition) is 6. The largest absolute Gasteiger partial charge is 0.396 e. The first kappa shape index (κ1) is 12.0. The summed E-state index contributed by atoms with van der Waals surface area (Å²) >= 11 is 0. The van der Waals surface area contributed by atoms with Crippen molar-refractivity contribution in [1.29, 1.82) is 0 Å². The maximum atomic E-state index is 11.6. The molecule has 3 atom stereocenters. The van der Waals surface area contributed by atoms with E-state index < -0.39 is 18.2 Å². The van der Waals surface area contributed by atoms with Crippen molar-refractivity contribution in [2.24, 2.45) is 5.92 Å². The van der Waals surface area contributed by atoms with Gasteiger partial charge in [0.25, 0.3) is 0 Å². The van der Waals surface area contributed by atoms with E-state index in [-0.39, 0.29) is 18.3 Å². The Balaban J connectivity index is 2.17. The Morgan fingerprint density at radius 2 is 2.41 bits per heavy atom. The maximum absolute atomic E-state index is 11.6. The van der Waals surface area contributed by atoms with Crippen molar-refractivity contribution in [3.8, 4) is 0 Å². The zero-order valence-electron chi connectivity index (χ0n) is 9.19. The second kappa shape index (κ2) is 4.82. The van der Waals surface area contributed by atoms with E-state index in [1.807, 2.05) is 0 Å². The lowest BCUT2D eigenvalue weighted by molar-refractivity contribution is -0.129. The molecule has 2 rings (SSSR count). The summed E-state index contributed by atoms with van der Waals surface area (Å²) in [5.41, 5.74) is 4.87. The topological polar surface area (TPSA) is 111 Å². The molecule has 0 radical (unpaired) electrons. The molecule has 0 spiro atoms. The quantitative estimate of drug-likeness (QED) is 0.630. The van der Waals surface area contributed by atoms with Crippen LogP contribution in [0.3, 0.4) is 0 Å². The number of rotatable bonds is 3. The number of nitrogen functional groups attached to an aromatic ring is 1. The van der Waals surface area contributed by atoms with Crippen LogP contribution >= 0.6 is 0 Å². The number of ether oxygens (including phenoxy) is 1. The Kier molecular flexibility index (Phi) is 3.41. The third kappa shape index (κ3) is 2.46. The van der Waals surface area contributed by atoms with Crippen LogP contribution in [0.4, 0.5) is 5.82 Å². The highest BCUT2D eigenvalue weighted by atomic mass is 16.6. The van der Waals surface area contributed by atoms with Crippen LogP contribution in [0.1, 0.15) is 19.1 Å². The molecular formula is C10H15N3O4. The highest BCUT2D eigenvalue weighted by Gasteiger charge is 2.34. The van der Waals surface area contributed by atoms with E-state index in [2.05, 4.69) is 4.98 Å². The monoisotopic (exact) mass is 241 g/mol. The number of aliphatic hydroxyl groups is 2. The molecule has 7 nitrogen and oxygen atoms in total. The van der Waals surface area contributed by atoms with Gasteiger partial charge < -0.3 is 20.7 Å². The van der Waals surface area contributed by atoms with Crippen molar-refractivity contribution >= 4 is 5.82 Å². The smallest absolute Gasteiger partial charge is 0.351 e. The van der Waals surface area contributed by atoms with Gasteiger partial charge in [0, 0.05) is 25.1 Å². The van der Waals surface area contributed by atoms with Gasteiger partial charge in [0.1, 0.15) is 12.0 Å². The molecule has 0 aromatic carbocycles. The molecule has 2 heterocycles. The van der Waals surface area contributed by atoms with Gasteiger partial charge in [0.2, 0.25) is 0 Å². The maximum Gasteiger partial charge on any atom is 0.351 e. The van der Waals surface area contributed by atoms with Crippen molar-refractivity contribution in [1.82, 2.24) is 9.55 Å². The van der Waals surface area contributed by atoms with Crippen molar-refractivity contribution in [2.45, 2.75) is 25.4 Å². The van der Waals surface area contributed by atoms with Gasteiger partial charge in [0.15, 0.2) is 6.29 Å². The molecule has 0 saturated carbocycles. The Labute approximate surface area is 97.5 Å². The van der Waals surface area contributed by atoms with Crippen LogP contribution in [0.5, 0.6) is 0 Å². The number of aliphatic hydroxyl groups excluding tert-OH is 2. The lowest BCUT2D eigenvalue weighted by Gasteiger charge is -2.12. The molecule has 1 aliphatic rings. The molecule has 1 aliphatic heterocycles. The fourth-order valence-electron chi connectivity index (χ4n) is 1.95. The summed E-state index contributed by atoms with van der Waals surface area (Å²) in [7, 11) is 0. The van der Waals surface area contributed by atoms with Crippen LogP contribution in [0, 0.1) is 5.92 Å². The van der Waals surface area contributed by atoms with Gasteiger partial charge in [0.05, 0.1) is 0 Å². The molecular weight excluding hydrogens is 226 g/mol. The van der Waals surface area contributed by atoms with Crippen LogP contribution in [0.25, 0.3) is 0 Å². The number of hydrogen-bond donors (Lipinski definition) is 3. The van der Waals surface area contributed by atoms with Gasteiger partial charge in [-0.15, -0.1) is 0 Å². The third-order valence-electron chi connectivity index (χ3n) is 2.87. The first-order valence-corrected chi connectivity index (χ1v) is 5.41. The zero-order chi connectivity index (χ0) is 12.4. The van der Waals surface area contributed by atoms with E-state index in [1.165, 1.54) is 16.8 Å². The van der Waals surface area contributed by atoms with E-state index in [4.69, 9.17) is 15.6 Å². The van der Waals surface area contributed by atoms with Gasteiger partial charge in [-0.1, -0.05) is 0 Å². The van der Waals surface area contributed by atoms with Crippen LogP contribution in [0.2, 0.25) is 0 Å². The lowest BCUT2D eigenvalue weighted by Crippen LogP contribution is -2.27. The molecule has 2 unspecified atom stereocenters. The Hall–Kier alpha value is -1.44. The number of anilines is 1. The SMILES string of the molecule is Nc1ccn([C@@H]2CC(CCO)C(O)O2)c(=O)n1. The summed E-state index contributed by atoms with van der Waals surface area (Å²) in [6, 6.07) is 1.50. The summed E-state index contributed by atoms with van der Waals surface area (Å²) < 4.78 is 6.55. The normalized spacial score (nSPS) is 28.5. The molecule has 0 amide bonds. The molecule has 1 saturated heterocycles. The van der Waals surface area contributed by atoms with E-state index in [1.54, 1.807) is 0 Å². The van der Waals surface area contributed by atoms with Crippen molar-refractivity contribution in [3.63, 3.8) is 0 Å². The van der Waals surface area contributed by atoms with Gasteiger partial charge >= 0.3 is 5.69 Å². The lowest BCUT2D eigenvalue weighted by atomic mass is 10.0. The number of nitrogens with two attached hydrogens (primary N) is 1. The van der Waals surface area contributed by atoms with Gasteiger partial charge in [-0.3, -0.25) is 4.57 Å². The van der Waals surface area contributed by atoms with E-state index in [9.17, 15) is 9.90 Å². The van der Waals surface area contributed by atoms with Crippen LogP contribution in [0.15, 0.2) is 17.1 Å². The van der Waals surface area contributed by atoms with E-state index in [0.717, 1.165) is 0 Å². The van der Waals surface area contributed by atoms with Crippen LogP contribution in [-0.4, -0.2) is 32.7 Å². The summed E-state index contributed by atoms with van der Waals surface area (Å²) in [6.07, 6.45) is 0.879. The van der Waals surface area contributed by atoms with Gasteiger partial charge in [-0.2, -0.15) is 4.98 Å². The molecule has 4 N–H and O–H groups in total. The molecule has 1 fully saturated rings. The Morgan fingerprint density at radius 3 is 3.06 bits per heavy atom. The fourth-order valence-corrected chi connectivity index (χ4v) is 1.95. The standard InChI is InChI=1S/C10H15N3O4/c11-7-1-3-13(10(16)12-7)8-5-6(2-4-14)9(15)17-8/h1,3,6,8-9,14-15H,2,4-5H2,(H2,11,12,16)/t6?,8-,9?/m0/s1. The Morgan fingerprint density at radius 1 is 1.65 bits per heavy atom. The zero-order valence-corrected chi connectivity index (χ0v) is 9.19. The summed E-state index contributed by atoms with van der Waals surface area (Å²) in [5.74, 6) is -0.0221. The Bertz CT molecular complexity index is 447. The average Bonchev–Trinajstić information content (AvgIpc) is 2.60. The molecule has 94 valence electrons. The molecule has 1 aromatic rings. The first-order valence-electron chi connectivity index (χ1n) is 5.41. The van der Waals surface area contributed by atoms with E-state index in [0.29, 0.717) is 12.8 Å². The molecule has 0 bridgehead atoms.